The predicted molar refractivity (Wildman–Crippen MR) is 47.9 cm³/mol. The van der Waals surface area contributed by atoms with E-state index in [0.29, 0.717) is 19.0 Å². The summed E-state index contributed by atoms with van der Waals surface area (Å²) in [6.07, 6.45) is 0.0775. The van der Waals surface area contributed by atoms with Crippen LogP contribution >= 0.6 is 0 Å². The fraction of sp³-hybridized carbons (Fsp3) is 1.00. The fourth-order valence-corrected chi connectivity index (χ4v) is 1.47. The molecule has 0 amide bonds. The molecule has 0 aromatic heterocycles. The van der Waals surface area contributed by atoms with Crippen molar-refractivity contribution in [2.75, 3.05) is 19.6 Å². The van der Waals surface area contributed by atoms with Gasteiger partial charge in [0.1, 0.15) is 0 Å². The van der Waals surface area contributed by atoms with Gasteiger partial charge in [0.15, 0.2) is 0 Å². The zero-order valence-electron chi connectivity index (χ0n) is 7.90. The van der Waals surface area contributed by atoms with Gasteiger partial charge in [-0.3, -0.25) is 4.90 Å². The quantitative estimate of drug-likeness (QED) is 0.635. The molecule has 0 bridgehead atoms. The Morgan fingerprint density at radius 3 is 2.17 bits per heavy atom. The molecule has 1 rings (SSSR count). The highest BCUT2D eigenvalue weighted by molar-refractivity contribution is 4.82. The second kappa shape index (κ2) is 4.21. The molecule has 3 heteroatoms. The van der Waals surface area contributed by atoms with Gasteiger partial charge in [0, 0.05) is 13.1 Å². The standard InChI is InChI=1S/C9H19NO2/c1-7(2)3-4-10-5-8(11)9(12)6-10/h7-9,11-12H,3-6H2,1-2H3/t8-,9+. The minimum atomic E-state index is -0.530. The first-order valence-electron chi connectivity index (χ1n) is 4.68. The van der Waals surface area contributed by atoms with Gasteiger partial charge in [-0.2, -0.15) is 0 Å². The fourth-order valence-electron chi connectivity index (χ4n) is 1.47. The lowest BCUT2D eigenvalue weighted by molar-refractivity contribution is 0.0572. The van der Waals surface area contributed by atoms with Crippen LogP contribution in [0, 0.1) is 5.92 Å². The molecule has 0 aliphatic carbocycles. The van der Waals surface area contributed by atoms with Crippen molar-refractivity contribution in [3.8, 4) is 0 Å². The van der Waals surface area contributed by atoms with Crippen LogP contribution in [0.5, 0.6) is 0 Å². The van der Waals surface area contributed by atoms with Crippen LogP contribution < -0.4 is 0 Å². The molecule has 0 aromatic rings. The summed E-state index contributed by atoms with van der Waals surface area (Å²) in [6.45, 7) is 6.62. The molecule has 1 saturated heterocycles. The molecule has 1 fully saturated rings. The minimum Gasteiger partial charge on any atom is -0.389 e. The summed E-state index contributed by atoms with van der Waals surface area (Å²) in [5.41, 5.74) is 0. The van der Waals surface area contributed by atoms with Crippen LogP contribution in [0.1, 0.15) is 20.3 Å². The molecule has 1 aliphatic heterocycles. The lowest BCUT2D eigenvalue weighted by atomic mass is 10.1. The Hall–Kier alpha value is -0.120. The summed E-state index contributed by atoms with van der Waals surface area (Å²) in [7, 11) is 0. The van der Waals surface area contributed by atoms with Crippen LogP contribution in [0.15, 0.2) is 0 Å². The minimum absolute atomic E-state index is 0.530. The molecule has 2 atom stereocenters. The molecule has 12 heavy (non-hydrogen) atoms. The maximum absolute atomic E-state index is 9.24. The molecular weight excluding hydrogens is 154 g/mol. The summed E-state index contributed by atoms with van der Waals surface area (Å²) in [5.74, 6) is 0.694. The van der Waals surface area contributed by atoms with Crippen molar-refractivity contribution >= 4 is 0 Å². The first-order chi connectivity index (χ1) is 5.59. The average Bonchev–Trinajstić information content (AvgIpc) is 2.28. The second-order valence-corrected chi connectivity index (χ2v) is 4.08. The molecule has 1 heterocycles. The van der Waals surface area contributed by atoms with E-state index in [9.17, 15) is 10.2 Å². The highest BCUT2D eigenvalue weighted by atomic mass is 16.3. The van der Waals surface area contributed by atoms with Crippen LogP contribution in [0.4, 0.5) is 0 Å². The molecule has 1 aliphatic rings. The van der Waals surface area contributed by atoms with Crippen molar-refractivity contribution in [2.45, 2.75) is 32.5 Å². The topological polar surface area (TPSA) is 43.7 Å². The molecule has 0 radical (unpaired) electrons. The molecule has 2 N–H and O–H groups in total. The maximum atomic E-state index is 9.24. The number of β-amino-alcohol motifs (C(OH)–C–C–N with tert-alkyl or cyclic N) is 2. The molecule has 0 aromatic carbocycles. The number of rotatable bonds is 3. The molecule has 3 nitrogen and oxygen atoms in total. The van der Waals surface area contributed by atoms with E-state index in [1.807, 2.05) is 0 Å². The van der Waals surface area contributed by atoms with Gasteiger partial charge < -0.3 is 10.2 Å². The summed E-state index contributed by atoms with van der Waals surface area (Å²) in [5, 5.41) is 18.5. The van der Waals surface area contributed by atoms with Gasteiger partial charge in [0.05, 0.1) is 12.2 Å². The van der Waals surface area contributed by atoms with Crippen molar-refractivity contribution in [3.63, 3.8) is 0 Å². The highest BCUT2D eigenvalue weighted by Crippen LogP contribution is 2.11. The summed E-state index contributed by atoms with van der Waals surface area (Å²) >= 11 is 0. The zero-order valence-corrected chi connectivity index (χ0v) is 7.90. The van der Waals surface area contributed by atoms with E-state index in [-0.39, 0.29) is 0 Å². The second-order valence-electron chi connectivity index (χ2n) is 4.08. The molecule has 0 unspecified atom stereocenters. The van der Waals surface area contributed by atoms with E-state index in [4.69, 9.17) is 0 Å². The third-order valence-corrected chi connectivity index (χ3v) is 2.36. The van der Waals surface area contributed by atoms with Gasteiger partial charge >= 0.3 is 0 Å². The van der Waals surface area contributed by atoms with Crippen LogP contribution in [0.25, 0.3) is 0 Å². The van der Waals surface area contributed by atoms with Crippen molar-refractivity contribution in [2.24, 2.45) is 5.92 Å². The van der Waals surface area contributed by atoms with Gasteiger partial charge in [-0.05, 0) is 18.9 Å². The van der Waals surface area contributed by atoms with Gasteiger partial charge in [-0.25, -0.2) is 0 Å². The Kier molecular flexibility index (Phi) is 3.50. The largest absolute Gasteiger partial charge is 0.389 e. The first kappa shape index (κ1) is 9.96. The highest BCUT2D eigenvalue weighted by Gasteiger charge is 2.28. The number of nitrogens with zero attached hydrogens (tertiary/aromatic N) is 1. The Morgan fingerprint density at radius 2 is 1.75 bits per heavy atom. The van der Waals surface area contributed by atoms with Crippen LogP contribution in [0.2, 0.25) is 0 Å². The van der Waals surface area contributed by atoms with E-state index < -0.39 is 12.2 Å². The zero-order chi connectivity index (χ0) is 9.14. The molecule has 0 spiro atoms. The number of hydrogen-bond donors (Lipinski definition) is 2. The lowest BCUT2D eigenvalue weighted by Crippen LogP contribution is -2.24. The molecule has 72 valence electrons. The molecular formula is C9H19NO2. The third-order valence-electron chi connectivity index (χ3n) is 2.36. The van der Waals surface area contributed by atoms with Gasteiger partial charge in [-0.1, -0.05) is 13.8 Å². The number of aliphatic hydroxyl groups excluding tert-OH is 2. The van der Waals surface area contributed by atoms with Crippen molar-refractivity contribution in [1.82, 2.24) is 4.90 Å². The third kappa shape index (κ3) is 2.73. The SMILES string of the molecule is CC(C)CCN1C[C@@H](O)[C@@H](O)C1. The summed E-state index contributed by atoms with van der Waals surface area (Å²) in [4.78, 5) is 2.12. The summed E-state index contributed by atoms with van der Waals surface area (Å²) in [6, 6.07) is 0. The lowest BCUT2D eigenvalue weighted by Gasteiger charge is -2.15. The van der Waals surface area contributed by atoms with E-state index in [2.05, 4.69) is 18.7 Å². The van der Waals surface area contributed by atoms with Crippen LogP contribution in [0.3, 0.4) is 0 Å². The van der Waals surface area contributed by atoms with E-state index >= 15 is 0 Å². The smallest absolute Gasteiger partial charge is 0.0938 e. The Balaban J connectivity index is 2.19. The van der Waals surface area contributed by atoms with Gasteiger partial charge in [0.2, 0.25) is 0 Å². The first-order valence-corrected chi connectivity index (χ1v) is 4.68. The van der Waals surface area contributed by atoms with Gasteiger partial charge in [-0.15, -0.1) is 0 Å². The average molecular weight is 173 g/mol. The molecule has 0 saturated carbocycles. The normalized spacial score (nSPS) is 31.8. The number of aliphatic hydroxyl groups is 2. The summed E-state index contributed by atoms with van der Waals surface area (Å²) < 4.78 is 0. The van der Waals surface area contributed by atoms with E-state index in [0.717, 1.165) is 13.0 Å². The van der Waals surface area contributed by atoms with Gasteiger partial charge in [0.25, 0.3) is 0 Å². The van der Waals surface area contributed by atoms with Crippen LogP contribution in [-0.4, -0.2) is 47.0 Å². The van der Waals surface area contributed by atoms with Crippen molar-refractivity contribution in [3.05, 3.63) is 0 Å². The Bertz CT molecular complexity index is 128. The predicted octanol–water partition coefficient (Wildman–Crippen LogP) is 0.0699. The Morgan fingerprint density at radius 1 is 1.25 bits per heavy atom. The van der Waals surface area contributed by atoms with Crippen LogP contribution in [-0.2, 0) is 0 Å². The number of hydrogen-bond acceptors (Lipinski definition) is 3. The number of likely N-dealkylation sites (tertiary alicyclic amines) is 1. The van der Waals surface area contributed by atoms with Crippen molar-refractivity contribution in [1.29, 1.82) is 0 Å². The monoisotopic (exact) mass is 173 g/mol. The van der Waals surface area contributed by atoms with Crippen molar-refractivity contribution < 1.29 is 10.2 Å². The van der Waals surface area contributed by atoms with E-state index in [1.54, 1.807) is 0 Å². The Labute approximate surface area is 74.0 Å². The maximum Gasteiger partial charge on any atom is 0.0938 e. The van der Waals surface area contributed by atoms with E-state index in [1.165, 1.54) is 0 Å².